The lowest BCUT2D eigenvalue weighted by molar-refractivity contribution is -0.118. The van der Waals surface area contributed by atoms with Crippen LogP contribution in [0.1, 0.15) is 5.56 Å². The van der Waals surface area contributed by atoms with Crippen LogP contribution >= 0.6 is 22.7 Å². The Bertz CT molecular complexity index is 527. The van der Waals surface area contributed by atoms with Crippen molar-refractivity contribution in [2.24, 2.45) is 0 Å². The van der Waals surface area contributed by atoms with Crippen LogP contribution in [0.15, 0.2) is 41.9 Å². The van der Waals surface area contributed by atoms with E-state index < -0.39 is 0 Å². The van der Waals surface area contributed by atoms with Crippen LogP contribution in [-0.4, -0.2) is 20.0 Å². The van der Waals surface area contributed by atoms with Crippen molar-refractivity contribution in [2.45, 2.75) is 0 Å². The van der Waals surface area contributed by atoms with Gasteiger partial charge in [-0.1, -0.05) is 42.1 Å². The van der Waals surface area contributed by atoms with Gasteiger partial charge in [-0.2, -0.15) is 0 Å². The number of amides is 1. The van der Waals surface area contributed by atoms with E-state index in [1.54, 1.807) is 27.6 Å². The van der Waals surface area contributed by atoms with Crippen LogP contribution in [0.2, 0.25) is 0 Å². The van der Waals surface area contributed by atoms with Gasteiger partial charge in [0, 0.05) is 6.20 Å². The minimum absolute atomic E-state index is 0.0856. The molecule has 1 aromatic rings. The number of fused-ring (bicyclic) bond motifs is 1. The van der Waals surface area contributed by atoms with Crippen LogP contribution in [0.25, 0.3) is 0 Å². The Morgan fingerprint density at radius 1 is 1.13 bits per heavy atom. The van der Waals surface area contributed by atoms with Crippen molar-refractivity contribution in [2.75, 3.05) is 0 Å². The molecule has 0 fully saturated rings. The summed E-state index contributed by atoms with van der Waals surface area (Å²) in [7, 11) is 1.55. The van der Waals surface area contributed by atoms with E-state index in [1.807, 2.05) is 41.9 Å². The van der Waals surface area contributed by atoms with E-state index >= 15 is 0 Å². The Labute approximate surface area is 95.1 Å². The van der Waals surface area contributed by atoms with Crippen LogP contribution in [0.3, 0.4) is 0 Å². The molecule has 0 bridgehead atoms. The summed E-state index contributed by atoms with van der Waals surface area (Å²) < 4.78 is 1.04. The molecule has 1 amide bonds. The molecule has 74 valence electrons. The van der Waals surface area contributed by atoms with Crippen molar-refractivity contribution in [3.05, 3.63) is 47.5 Å². The minimum Gasteiger partial charge on any atom is -0.268 e. The molecule has 2 nitrogen and oxygen atoms in total. The third kappa shape index (κ3) is 1.37. The number of hydrogen-bond donors (Lipinski definition) is 0. The fraction of sp³-hybridized carbons (Fsp3) is 0. The molecule has 0 N–H and O–H groups in total. The lowest BCUT2D eigenvalue weighted by Crippen LogP contribution is -2.28. The van der Waals surface area contributed by atoms with Gasteiger partial charge in [-0.25, -0.2) is 0 Å². The molecule has 0 aromatic heterocycles. The molecule has 2 heterocycles. The van der Waals surface area contributed by atoms with Gasteiger partial charge in [-0.15, -0.1) is 10.9 Å². The van der Waals surface area contributed by atoms with Crippen molar-refractivity contribution in [3.8, 4) is 0 Å². The first-order valence-electron chi connectivity index (χ1n) is 4.50. The summed E-state index contributed by atoms with van der Waals surface area (Å²) in [6, 6.07) is 9.80. The Kier molecular flexibility index (Phi) is 2.04. The van der Waals surface area contributed by atoms with E-state index in [1.165, 1.54) is 0 Å². The second-order valence-corrected chi connectivity index (χ2v) is 5.29. The minimum atomic E-state index is 0.0856. The van der Waals surface area contributed by atoms with Gasteiger partial charge in [0.25, 0.3) is 5.91 Å². The van der Waals surface area contributed by atoms with Gasteiger partial charge in [0.05, 0.1) is 0 Å². The predicted octanol–water partition coefficient (Wildman–Crippen LogP) is 2.09. The Morgan fingerprint density at radius 3 is 2.67 bits per heavy atom. The SMILES string of the molecule is O=C1C(c2ccccc2)=S=C2SC=CN12. The molecule has 0 radical (unpaired) electrons. The maximum atomic E-state index is 12.0. The first-order valence-corrected chi connectivity index (χ1v) is 6.20. The zero-order valence-electron chi connectivity index (χ0n) is 7.71. The fourth-order valence-corrected chi connectivity index (χ4v) is 3.53. The van der Waals surface area contributed by atoms with Gasteiger partial charge in [-0.05, 0) is 11.0 Å². The molecule has 0 aliphatic carbocycles. The van der Waals surface area contributed by atoms with Crippen molar-refractivity contribution < 1.29 is 4.79 Å². The number of nitrogens with zero attached hydrogens (tertiary/aromatic N) is 1. The van der Waals surface area contributed by atoms with Gasteiger partial charge < -0.3 is 0 Å². The zero-order valence-corrected chi connectivity index (χ0v) is 9.35. The monoisotopic (exact) mass is 233 g/mol. The summed E-state index contributed by atoms with van der Waals surface area (Å²) in [5.74, 6) is 0.0856. The molecule has 2 aliphatic rings. The number of thioether (sulfide) groups is 1. The average molecular weight is 233 g/mol. The van der Waals surface area contributed by atoms with Gasteiger partial charge in [0.2, 0.25) is 0 Å². The molecule has 4 heteroatoms. The van der Waals surface area contributed by atoms with Crippen LogP contribution < -0.4 is 0 Å². The van der Waals surface area contributed by atoms with E-state index in [-0.39, 0.29) is 5.91 Å². The predicted molar refractivity (Wildman–Crippen MR) is 66.7 cm³/mol. The second kappa shape index (κ2) is 3.40. The highest BCUT2D eigenvalue weighted by Gasteiger charge is 2.29. The summed E-state index contributed by atoms with van der Waals surface area (Å²) in [5.41, 5.74) is 1.00. The Hall–Kier alpha value is -1.26. The molecule has 2 aliphatic heterocycles. The smallest absolute Gasteiger partial charge is 0.268 e. The second-order valence-electron chi connectivity index (χ2n) is 3.14. The first-order chi connectivity index (χ1) is 7.36. The van der Waals surface area contributed by atoms with Crippen molar-refractivity contribution in [1.82, 2.24) is 4.90 Å². The summed E-state index contributed by atoms with van der Waals surface area (Å²) in [6.07, 6.45) is 1.82. The molecule has 0 saturated heterocycles. The number of rotatable bonds is 1. The largest absolute Gasteiger partial charge is 0.274 e. The fourth-order valence-electron chi connectivity index (χ4n) is 1.50. The van der Waals surface area contributed by atoms with E-state index in [9.17, 15) is 4.79 Å². The molecule has 0 saturated carbocycles. The third-order valence-electron chi connectivity index (χ3n) is 2.21. The summed E-state index contributed by atoms with van der Waals surface area (Å²) in [5, 5.41) is 1.93. The van der Waals surface area contributed by atoms with Gasteiger partial charge in [-0.3, -0.25) is 9.69 Å². The standard InChI is InChI=1S/C11H7NOS2/c13-10-9(8-4-2-1-3-5-8)15-11-12(10)6-7-14-11/h1-7H. The number of hydrogen-bond acceptors (Lipinski definition) is 2. The van der Waals surface area contributed by atoms with E-state index in [4.69, 9.17) is 0 Å². The molecule has 0 unspecified atom stereocenters. The number of benzene rings is 1. The van der Waals surface area contributed by atoms with E-state index in [0.29, 0.717) is 0 Å². The number of carbonyl (C=O) groups is 1. The number of carbonyl (C=O) groups excluding carboxylic acids is 1. The maximum Gasteiger partial charge on any atom is 0.274 e. The van der Waals surface area contributed by atoms with Crippen molar-refractivity contribution >= 4 is 37.8 Å². The lowest BCUT2D eigenvalue weighted by Gasteiger charge is -2.08. The zero-order chi connectivity index (χ0) is 10.3. The highest BCUT2D eigenvalue weighted by Crippen LogP contribution is 2.27. The highest BCUT2D eigenvalue weighted by atomic mass is 32.2. The quantitative estimate of drug-likeness (QED) is 0.692. The highest BCUT2D eigenvalue weighted by molar-refractivity contribution is 8.29. The molecule has 3 rings (SSSR count). The topological polar surface area (TPSA) is 20.3 Å². The molecule has 1 aromatic carbocycles. The molecule has 0 atom stereocenters. The first kappa shape index (κ1) is 9.00. The molecular weight excluding hydrogens is 226 g/mol. The van der Waals surface area contributed by atoms with E-state index in [0.717, 1.165) is 14.7 Å². The van der Waals surface area contributed by atoms with Crippen molar-refractivity contribution in [3.63, 3.8) is 0 Å². The van der Waals surface area contributed by atoms with Crippen molar-refractivity contribution in [1.29, 1.82) is 0 Å². The normalized spacial score (nSPS) is 18.4. The maximum absolute atomic E-state index is 12.0. The van der Waals surface area contributed by atoms with Gasteiger partial charge >= 0.3 is 0 Å². The summed E-state index contributed by atoms with van der Waals surface area (Å²) in [4.78, 5) is 14.5. The third-order valence-corrected chi connectivity index (χ3v) is 4.39. The lowest BCUT2D eigenvalue weighted by atomic mass is 10.1. The van der Waals surface area contributed by atoms with Gasteiger partial charge in [0.1, 0.15) is 9.19 Å². The van der Waals surface area contributed by atoms with Gasteiger partial charge in [0.15, 0.2) is 0 Å². The molecular formula is C11H7NOS2. The van der Waals surface area contributed by atoms with Crippen LogP contribution in [0, 0.1) is 0 Å². The Morgan fingerprint density at radius 2 is 1.93 bits per heavy atom. The average Bonchev–Trinajstić information content (AvgIpc) is 2.83. The Balaban J connectivity index is 2.10. The molecule has 15 heavy (non-hydrogen) atoms. The van der Waals surface area contributed by atoms with E-state index in [2.05, 4.69) is 0 Å². The van der Waals surface area contributed by atoms with Crippen LogP contribution in [0.5, 0.6) is 0 Å². The van der Waals surface area contributed by atoms with Crippen LogP contribution in [-0.2, 0) is 4.79 Å². The molecule has 0 spiro atoms. The summed E-state index contributed by atoms with van der Waals surface area (Å²) >= 11 is 1.60. The summed E-state index contributed by atoms with van der Waals surface area (Å²) in [6.45, 7) is 0. The van der Waals surface area contributed by atoms with Crippen LogP contribution in [0.4, 0.5) is 0 Å².